The summed E-state index contributed by atoms with van der Waals surface area (Å²) in [7, 11) is 1.61. The van der Waals surface area contributed by atoms with E-state index in [0.717, 1.165) is 15.6 Å². The molecule has 2 aromatic carbocycles. The molecule has 100 valence electrons. The minimum absolute atomic E-state index is 0.685. The average molecular weight is 339 g/mol. The maximum Gasteiger partial charge on any atom is 0.125 e. The van der Waals surface area contributed by atoms with E-state index in [9.17, 15) is 5.11 Å². The molecule has 1 unspecified atom stereocenters. The number of aliphatic hydroxyl groups excluding tert-OH is 1. The van der Waals surface area contributed by atoms with Gasteiger partial charge in [-0.15, -0.1) is 11.8 Å². The van der Waals surface area contributed by atoms with Crippen molar-refractivity contribution in [1.29, 1.82) is 0 Å². The van der Waals surface area contributed by atoms with Crippen LogP contribution >= 0.6 is 27.7 Å². The maximum absolute atomic E-state index is 10.5. The first-order valence-corrected chi connectivity index (χ1v) is 7.83. The summed E-state index contributed by atoms with van der Waals surface area (Å²) in [6.45, 7) is 0. The van der Waals surface area contributed by atoms with Gasteiger partial charge in [-0.05, 0) is 42.2 Å². The van der Waals surface area contributed by atoms with Gasteiger partial charge in [0.15, 0.2) is 0 Å². The molecule has 0 amide bonds. The Hall–Kier alpha value is -0.970. The van der Waals surface area contributed by atoms with E-state index in [1.165, 1.54) is 4.90 Å². The summed E-state index contributed by atoms with van der Waals surface area (Å²) in [6, 6.07) is 13.5. The second-order valence-electron chi connectivity index (χ2n) is 4.06. The smallest absolute Gasteiger partial charge is 0.125 e. The second-order valence-corrected chi connectivity index (χ2v) is 5.86. The van der Waals surface area contributed by atoms with Gasteiger partial charge in [0.25, 0.3) is 0 Å². The SMILES string of the molecule is COc1ccc(Br)cc1C(O)c1ccc(SC)cc1. The monoisotopic (exact) mass is 338 g/mol. The van der Waals surface area contributed by atoms with Gasteiger partial charge in [-0.2, -0.15) is 0 Å². The van der Waals surface area contributed by atoms with Crippen LogP contribution in [0.3, 0.4) is 0 Å². The number of hydrogen-bond donors (Lipinski definition) is 1. The largest absolute Gasteiger partial charge is 0.496 e. The summed E-state index contributed by atoms with van der Waals surface area (Å²) in [5.74, 6) is 0.685. The van der Waals surface area contributed by atoms with Gasteiger partial charge in [0.05, 0.1) is 7.11 Å². The molecule has 0 bridgehead atoms. The lowest BCUT2D eigenvalue weighted by Crippen LogP contribution is -2.02. The number of hydrogen-bond acceptors (Lipinski definition) is 3. The third kappa shape index (κ3) is 3.32. The van der Waals surface area contributed by atoms with E-state index in [2.05, 4.69) is 15.9 Å². The van der Waals surface area contributed by atoms with Crippen LogP contribution < -0.4 is 4.74 Å². The van der Waals surface area contributed by atoms with E-state index in [1.807, 2.05) is 48.7 Å². The Kier molecular flexibility index (Phi) is 4.91. The average Bonchev–Trinajstić information content (AvgIpc) is 2.46. The fourth-order valence-electron chi connectivity index (χ4n) is 1.88. The lowest BCUT2D eigenvalue weighted by molar-refractivity contribution is 0.214. The Bertz CT molecular complexity index is 555. The molecular formula is C15H15BrO2S. The highest BCUT2D eigenvalue weighted by Crippen LogP contribution is 2.32. The number of ether oxygens (including phenoxy) is 1. The zero-order valence-corrected chi connectivity index (χ0v) is 13.2. The lowest BCUT2D eigenvalue weighted by atomic mass is 10.0. The Balaban J connectivity index is 2.36. The minimum atomic E-state index is -0.691. The van der Waals surface area contributed by atoms with Crippen LogP contribution in [0.4, 0.5) is 0 Å². The summed E-state index contributed by atoms with van der Waals surface area (Å²) >= 11 is 5.10. The molecule has 0 aromatic heterocycles. The molecule has 0 saturated carbocycles. The van der Waals surface area contributed by atoms with Crippen LogP contribution in [0, 0.1) is 0 Å². The van der Waals surface area contributed by atoms with Gasteiger partial charge >= 0.3 is 0 Å². The standard InChI is InChI=1S/C15H15BrO2S/c1-18-14-8-5-11(16)9-13(14)15(17)10-3-6-12(19-2)7-4-10/h3-9,15,17H,1-2H3. The van der Waals surface area contributed by atoms with Crippen molar-refractivity contribution in [3.63, 3.8) is 0 Å². The first kappa shape index (κ1) is 14.4. The molecule has 0 saturated heterocycles. The van der Waals surface area contributed by atoms with Gasteiger partial charge in [-0.25, -0.2) is 0 Å². The van der Waals surface area contributed by atoms with Crippen LogP contribution in [0.5, 0.6) is 5.75 Å². The summed E-state index contributed by atoms with van der Waals surface area (Å²) in [6.07, 6.45) is 1.34. The first-order chi connectivity index (χ1) is 9.15. The molecule has 0 heterocycles. The minimum Gasteiger partial charge on any atom is -0.496 e. The molecule has 1 atom stereocenters. The van der Waals surface area contributed by atoms with Crippen molar-refractivity contribution in [3.8, 4) is 5.75 Å². The molecule has 4 heteroatoms. The van der Waals surface area contributed by atoms with Crippen molar-refractivity contribution in [2.45, 2.75) is 11.0 Å². The molecule has 0 aliphatic heterocycles. The van der Waals surface area contributed by atoms with Gasteiger partial charge in [0.1, 0.15) is 11.9 Å². The molecular weight excluding hydrogens is 324 g/mol. The number of methoxy groups -OCH3 is 1. The zero-order valence-electron chi connectivity index (χ0n) is 10.8. The first-order valence-electron chi connectivity index (χ1n) is 5.81. The highest BCUT2D eigenvalue weighted by molar-refractivity contribution is 9.10. The number of rotatable bonds is 4. The van der Waals surface area contributed by atoms with E-state index in [0.29, 0.717) is 5.75 Å². The van der Waals surface area contributed by atoms with E-state index < -0.39 is 6.10 Å². The van der Waals surface area contributed by atoms with Crippen LogP contribution in [0.15, 0.2) is 51.8 Å². The molecule has 0 radical (unpaired) electrons. The van der Waals surface area contributed by atoms with Gasteiger partial charge < -0.3 is 9.84 Å². The summed E-state index contributed by atoms with van der Waals surface area (Å²) in [5.41, 5.74) is 1.61. The number of benzene rings is 2. The molecule has 0 spiro atoms. The van der Waals surface area contributed by atoms with Crippen molar-refractivity contribution in [1.82, 2.24) is 0 Å². The van der Waals surface area contributed by atoms with Crippen molar-refractivity contribution in [2.24, 2.45) is 0 Å². The highest BCUT2D eigenvalue weighted by atomic mass is 79.9. The van der Waals surface area contributed by atoms with Crippen molar-refractivity contribution < 1.29 is 9.84 Å². The summed E-state index contributed by atoms with van der Waals surface area (Å²) in [4.78, 5) is 1.18. The van der Waals surface area contributed by atoms with Crippen LogP contribution in [-0.2, 0) is 0 Å². The third-order valence-corrected chi connectivity index (χ3v) is 4.15. The Morgan fingerprint density at radius 3 is 2.42 bits per heavy atom. The van der Waals surface area contributed by atoms with E-state index in [-0.39, 0.29) is 0 Å². The fourth-order valence-corrected chi connectivity index (χ4v) is 2.67. The van der Waals surface area contributed by atoms with Gasteiger partial charge in [-0.3, -0.25) is 0 Å². The van der Waals surface area contributed by atoms with Gasteiger partial charge in [0, 0.05) is 14.9 Å². The lowest BCUT2D eigenvalue weighted by Gasteiger charge is -2.16. The highest BCUT2D eigenvalue weighted by Gasteiger charge is 2.15. The van der Waals surface area contributed by atoms with Crippen molar-refractivity contribution in [3.05, 3.63) is 58.1 Å². The summed E-state index contributed by atoms with van der Waals surface area (Å²) < 4.78 is 6.22. The Morgan fingerprint density at radius 1 is 1.16 bits per heavy atom. The fraction of sp³-hybridized carbons (Fsp3) is 0.200. The number of halogens is 1. The van der Waals surface area contributed by atoms with Crippen LogP contribution in [-0.4, -0.2) is 18.5 Å². The van der Waals surface area contributed by atoms with E-state index in [1.54, 1.807) is 18.9 Å². The van der Waals surface area contributed by atoms with Crippen molar-refractivity contribution in [2.75, 3.05) is 13.4 Å². The molecule has 0 aliphatic rings. The quantitative estimate of drug-likeness (QED) is 0.844. The number of aliphatic hydroxyl groups is 1. The van der Waals surface area contributed by atoms with Crippen LogP contribution in [0.2, 0.25) is 0 Å². The number of thioether (sulfide) groups is 1. The Labute approximate surface area is 125 Å². The molecule has 0 fully saturated rings. The Morgan fingerprint density at radius 2 is 1.84 bits per heavy atom. The van der Waals surface area contributed by atoms with E-state index in [4.69, 9.17) is 4.74 Å². The van der Waals surface area contributed by atoms with Crippen LogP contribution in [0.1, 0.15) is 17.2 Å². The maximum atomic E-state index is 10.5. The van der Waals surface area contributed by atoms with E-state index >= 15 is 0 Å². The van der Waals surface area contributed by atoms with Crippen LogP contribution in [0.25, 0.3) is 0 Å². The topological polar surface area (TPSA) is 29.5 Å². The summed E-state index contributed by atoms with van der Waals surface area (Å²) in [5, 5.41) is 10.5. The van der Waals surface area contributed by atoms with Crippen molar-refractivity contribution >= 4 is 27.7 Å². The van der Waals surface area contributed by atoms with Gasteiger partial charge in [-0.1, -0.05) is 28.1 Å². The molecule has 1 N–H and O–H groups in total. The van der Waals surface area contributed by atoms with Gasteiger partial charge in [0.2, 0.25) is 0 Å². The predicted octanol–water partition coefficient (Wildman–Crippen LogP) is 4.26. The molecule has 2 rings (SSSR count). The molecule has 19 heavy (non-hydrogen) atoms. The molecule has 2 aromatic rings. The zero-order chi connectivity index (χ0) is 13.8. The predicted molar refractivity (Wildman–Crippen MR) is 83.0 cm³/mol. The normalized spacial score (nSPS) is 12.2. The second kappa shape index (κ2) is 6.46. The molecule has 0 aliphatic carbocycles. The molecule has 2 nitrogen and oxygen atoms in total. The third-order valence-electron chi connectivity index (χ3n) is 2.92.